The van der Waals surface area contributed by atoms with Crippen LogP contribution in [-0.2, 0) is 11.3 Å². The number of benzene rings is 2. The number of thiazole rings is 1. The zero-order valence-corrected chi connectivity index (χ0v) is 23.7. The summed E-state index contributed by atoms with van der Waals surface area (Å²) in [5.41, 5.74) is 1.41. The summed E-state index contributed by atoms with van der Waals surface area (Å²) in [6.45, 7) is 2.74. The fourth-order valence-electron chi connectivity index (χ4n) is 5.78. The van der Waals surface area contributed by atoms with E-state index < -0.39 is 17.6 Å². The SMILES string of the molecule is CCC1CC[C@@H](CCOCc2c(-c3c(F)cccc3F)noc2C2CC2)N1c1nc2c(OC)cc(C(=O)O)cc2s1. The van der Waals surface area contributed by atoms with Crippen molar-refractivity contribution in [1.29, 1.82) is 0 Å². The zero-order chi connectivity index (χ0) is 28.7. The first kappa shape index (κ1) is 27.6. The van der Waals surface area contributed by atoms with Crippen LogP contribution < -0.4 is 9.64 Å². The number of fused-ring (bicyclic) bond motifs is 1. The van der Waals surface area contributed by atoms with Crippen LogP contribution in [0.15, 0.2) is 34.9 Å². The standard InChI is InChI=1S/C30H31F2N3O5S/c1-3-18-9-10-19(35(18)30-33-27-23(38-2)13-17(29(36)37)14-24(27)41-30)11-12-39-15-20-26(34-40-28(20)16-7-8-16)25-21(31)5-4-6-22(25)32/h4-6,13-14,16,18-19H,3,7-12,15H2,1-2H3,(H,36,37)/t18?,19-/m0/s1. The van der Waals surface area contributed by atoms with Gasteiger partial charge in [0.2, 0.25) is 0 Å². The predicted octanol–water partition coefficient (Wildman–Crippen LogP) is 7.17. The molecule has 2 atom stereocenters. The van der Waals surface area contributed by atoms with Crippen molar-refractivity contribution < 1.29 is 32.7 Å². The molecular formula is C30H31F2N3O5S. The Morgan fingerprint density at radius 2 is 1.93 bits per heavy atom. The predicted molar refractivity (Wildman–Crippen MR) is 151 cm³/mol. The van der Waals surface area contributed by atoms with Crippen LogP contribution in [0.5, 0.6) is 5.75 Å². The Morgan fingerprint density at radius 1 is 1.17 bits per heavy atom. The maximum absolute atomic E-state index is 14.6. The molecule has 4 aromatic rings. The second kappa shape index (κ2) is 11.4. The van der Waals surface area contributed by atoms with Gasteiger partial charge in [-0.25, -0.2) is 18.6 Å². The molecule has 2 aromatic heterocycles. The van der Waals surface area contributed by atoms with Gasteiger partial charge in [0.05, 0.1) is 29.5 Å². The smallest absolute Gasteiger partial charge is 0.335 e. The molecule has 3 heterocycles. The molecule has 1 aliphatic heterocycles. The number of carboxylic acid groups (broad SMARTS) is 1. The number of halogens is 2. The molecule has 2 aromatic carbocycles. The van der Waals surface area contributed by atoms with Crippen LogP contribution in [-0.4, -0.2) is 47.0 Å². The molecule has 0 bridgehead atoms. The largest absolute Gasteiger partial charge is 0.494 e. The molecule has 1 saturated heterocycles. The molecule has 2 aliphatic rings. The summed E-state index contributed by atoms with van der Waals surface area (Å²) in [5.74, 6) is -1.08. The Labute approximate surface area is 239 Å². The number of ether oxygens (including phenoxy) is 2. The minimum absolute atomic E-state index is 0.151. The first-order valence-corrected chi connectivity index (χ1v) is 14.7. The van der Waals surface area contributed by atoms with Gasteiger partial charge in [0, 0.05) is 30.2 Å². The van der Waals surface area contributed by atoms with E-state index in [0.29, 0.717) is 35.2 Å². The maximum Gasteiger partial charge on any atom is 0.335 e. The van der Waals surface area contributed by atoms with Gasteiger partial charge in [-0.15, -0.1) is 0 Å². The number of hydrogen-bond acceptors (Lipinski definition) is 8. The Balaban J connectivity index is 1.19. The maximum atomic E-state index is 14.6. The summed E-state index contributed by atoms with van der Waals surface area (Å²) in [6, 6.07) is 7.39. The van der Waals surface area contributed by atoms with Crippen LogP contribution in [0.25, 0.3) is 21.5 Å². The van der Waals surface area contributed by atoms with Gasteiger partial charge in [-0.3, -0.25) is 0 Å². The quantitative estimate of drug-likeness (QED) is 0.186. The summed E-state index contributed by atoms with van der Waals surface area (Å²) >= 11 is 1.47. The molecule has 6 rings (SSSR count). The first-order chi connectivity index (χ1) is 19.9. The molecule has 1 N–H and O–H groups in total. The summed E-state index contributed by atoms with van der Waals surface area (Å²) in [7, 11) is 1.51. The van der Waals surface area contributed by atoms with Gasteiger partial charge in [-0.05, 0) is 62.8 Å². The number of aromatic nitrogens is 2. The third-order valence-electron chi connectivity index (χ3n) is 8.04. The number of aromatic carboxylic acids is 1. The van der Waals surface area contributed by atoms with Gasteiger partial charge in [-0.1, -0.05) is 29.5 Å². The van der Waals surface area contributed by atoms with Crippen molar-refractivity contribution >= 4 is 32.7 Å². The van der Waals surface area contributed by atoms with E-state index in [4.69, 9.17) is 19.0 Å². The normalized spacial score (nSPS) is 18.9. The second-order valence-corrected chi connectivity index (χ2v) is 11.6. The molecule has 11 heteroatoms. The number of anilines is 1. The third-order valence-corrected chi connectivity index (χ3v) is 9.05. The highest BCUT2D eigenvalue weighted by Crippen LogP contribution is 2.45. The molecular weight excluding hydrogens is 552 g/mol. The lowest BCUT2D eigenvalue weighted by molar-refractivity contribution is 0.0696. The van der Waals surface area contributed by atoms with Crippen LogP contribution in [0, 0.1) is 11.6 Å². The monoisotopic (exact) mass is 583 g/mol. The van der Waals surface area contributed by atoms with Crippen molar-refractivity contribution in [3.8, 4) is 17.0 Å². The molecule has 1 saturated carbocycles. The minimum Gasteiger partial charge on any atom is -0.494 e. The summed E-state index contributed by atoms with van der Waals surface area (Å²) in [6.07, 6.45) is 5.59. The van der Waals surface area contributed by atoms with Crippen molar-refractivity contribution in [2.24, 2.45) is 0 Å². The lowest BCUT2D eigenvalue weighted by atomic mass is 10.0. The Hall–Kier alpha value is -3.57. The van der Waals surface area contributed by atoms with Gasteiger partial charge < -0.3 is 24.0 Å². The third kappa shape index (κ3) is 5.28. The van der Waals surface area contributed by atoms with Crippen molar-refractivity contribution in [2.75, 3.05) is 18.6 Å². The number of nitrogens with zero attached hydrogens (tertiary/aromatic N) is 3. The van der Waals surface area contributed by atoms with Crippen molar-refractivity contribution in [1.82, 2.24) is 10.1 Å². The number of carboxylic acids is 1. The molecule has 41 heavy (non-hydrogen) atoms. The average Bonchev–Trinajstić information content (AvgIpc) is 3.38. The van der Waals surface area contributed by atoms with E-state index in [9.17, 15) is 18.7 Å². The van der Waals surface area contributed by atoms with Gasteiger partial charge in [0.1, 0.15) is 34.4 Å². The van der Waals surface area contributed by atoms with Crippen molar-refractivity contribution in [3.05, 3.63) is 58.9 Å². The fourth-order valence-corrected chi connectivity index (χ4v) is 6.94. The Morgan fingerprint density at radius 3 is 2.61 bits per heavy atom. The van der Waals surface area contributed by atoms with E-state index in [1.54, 1.807) is 6.07 Å². The van der Waals surface area contributed by atoms with E-state index >= 15 is 0 Å². The summed E-state index contributed by atoms with van der Waals surface area (Å²) < 4.78 is 47.1. The van der Waals surface area contributed by atoms with E-state index in [1.165, 1.54) is 42.7 Å². The first-order valence-electron chi connectivity index (χ1n) is 13.9. The van der Waals surface area contributed by atoms with Gasteiger partial charge in [0.25, 0.3) is 0 Å². The highest BCUT2D eigenvalue weighted by Gasteiger charge is 2.36. The zero-order valence-electron chi connectivity index (χ0n) is 22.9. The fraction of sp³-hybridized carbons (Fsp3) is 0.433. The van der Waals surface area contributed by atoms with E-state index in [2.05, 4.69) is 17.0 Å². The topological polar surface area (TPSA) is 97.9 Å². The van der Waals surface area contributed by atoms with Crippen LogP contribution in [0.1, 0.15) is 73.0 Å². The lowest BCUT2D eigenvalue weighted by Crippen LogP contribution is -2.36. The number of hydrogen-bond donors (Lipinski definition) is 1. The summed E-state index contributed by atoms with van der Waals surface area (Å²) in [4.78, 5) is 18.8. The highest BCUT2D eigenvalue weighted by molar-refractivity contribution is 7.22. The van der Waals surface area contributed by atoms with Gasteiger partial charge in [-0.2, -0.15) is 0 Å². The van der Waals surface area contributed by atoms with Crippen LogP contribution in [0.2, 0.25) is 0 Å². The second-order valence-electron chi connectivity index (χ2n) is 10.6. The van der Waals surface area contributed by atoms with Crippen molar-refractivity contribution in [2.45, 2.75) is 70.1 Å². The molecule has 216 valence electrons. The van der Waals surface area contributed by atoms with E-state index in [1.807, 2.05) is 0 Å². The molecule has 0 spiro atoms. The number of rotatable bonds is 11. The minimum atomic E-state index is -1.01. The molecule has 2 fully saturated rings. The Bertz CT molecular complexity index is 1560. The number of carbonyl (C=O) groups is 1. The van der Waals surface area contributed by atoms with Gasteiger partial charge in [0.15, 0.2) is 5.13 Å². The lowest BCUT2D eigenvalue weighted by Gasteiger charge is -2.29. The Kier molecular flexibility index (Phi) is 7.65. The molecule has 0 radical (unpaired) electrons. The van der Waals surface area contributed by atoms with Crippen LogP contribution in [0.4, 0.5) is 13.9 Å². The molecule has 8 nitrogen and oxygen atoms in total. The average molecular weight is 584 g/mol. The summed E-state index contributed by atoms with van der Waals surface area (Å²) in [5, 5.41) is 14.4. The molecule has 0 amide bonds. The van der Waals surface area contributed by atoms with Crippen LogP contribution in [0.3, 0.4) is 0 Å². The van der Waals surface area contributed by atoms with Crippen molar-refractivity contribution in [3.63, 3.8) is 0 Å². The van der Waals surface area contributed by atoms with Gasteiger partial charge >= 0.3 is 5.97 Å². The van der Waals surface area contributed by atoms with E-state index in [-0.39, 0.29) is 35.4 Å². The number of methoxy groups -OCH3 is 1. The highest BCUT2D eigenvalue weighted by atomic mass is 32.1. The molecule has 1 unspecified atom stereocenters. The van der Waals surface area contributed by atoms with Crippen LogP contribution >= 0.6 is 11.3 Å². The molecule has 1 aliphatic carbocycles. The van der Waals surface area contributed by atoms with E-state index in [0.717, 1.165) is 48.4 Å².